The van der Waals surface area contributed by atoms with E-state index in [4.69, 9.17) is 4.74 Å². The molecule has 2 aromatic rings. The van der Waals surface area contributed by atoms with Crippen LogP contribution in [0.4, 0.5) is 5.82 Å². The molecule has 0 aliphatic heterocycles. The van der Waals surface area contributed by atoms with Gasteiger partial charge in [-0.3, -0.25) is 9.78 Å². The third-order valence-corrected chi connectivity index (χ3v) is 2.30. The van der Waals surface area contributed by atoms with Crippen molar-refractivity contribution < 1.29 is 9.53 Å². The smallest absolute Gasteiger partial charge is 0.222 e. The summed E-state index contributed by atoms with van der Waals surface area (Å²) < 4.78 is 5.15. The third kappa shape index (κ3) is 2.82. The first kappa shape index (κ1) is 12.0. The molecule has 0 spiro atoms. The van der Waals surface area contributed by atoms with Gasteiger partial charge in [-0.2, -0.15) is 0 Å². The molecule has 92 valence electrons. The van der Waals surface area contributed by atoms with E-state index in [9.17, 15) is 4.79 Å². The van der Waals surface area contributed by atoms with Crippen molar-refractivity contribution in [1.29, 1.82) is 0 Å². The quantitative estimate of drug-likeness (QED) is 0.896. The number of ether oxygens (including phenoxy) is 1. The number of anilines is 1. The molecular formula is C13H13N3O2. The van der Waals surface area contributed by atoms with Crippen molar-refractivity contribution in [2.75, 3.05) is 12.4 Å². The highest BCUT2D eigenvalue weighted by molar-refractivity contribution is 5.87. The number of hydrogen-bond donors (Lipinski definition) is 1. The number of rotatable bonds is 3. The largest absolute Gasteiger partial charge is 0.497 e. The molecule has 0 aliphatic rings. The fraction of sp³-hybridized carbons (Fsp3) is 0.154. The molecule has 1 heterocycles. The van der Waals surface area contributed by atoms with Crippen LogP contribution in [0.15, 0.2) is 36.7 Å². The maximum atomic E-state index is 11.0. The molecule has 5 heteroatoms. The van der Waals surface area contributed by atoms with Gasteiger partial charge in [0.2, 0.25) is 5.91 Å². The molecule has 0 fully saturated rings. The van der Waals surface area contributed by atoms with Gasteiger partial charge in [0.15, 0.2) is 5.82 Å². The zero-order valence-electron chi connectivity index (χ0n) is 10.2. The highest BCUT2D eigenvalue weighted by Crippen LogP contribution is 2.22. The summed E-state index contributed by atoms with van der Waals surface area (Å²) in [5, 5.41) is 2.60. The predicted octanol–water partition coefficient (Wildman–Crippen LogP) is 2.11. The van der Waals surface area contributed by atoms with Gasteiger partial charge in [0.25, 0.3) is 0 Å². The molecule has 0 aliphatic carbocycles. The van der Waals surface area contributed by atoms with Crippen molar-refractivity contribution in [3.05, 3.63) is 36.7 Å². The van der Waals surface area contributed by atoms with E-state index in [1.807, 2.05) is 24.3 Å². The first-order valence-corrected chi connectivity index (χ1v) is 5.43. The van der Waals surface area contributed by atoms with Gasteiger partial charge in [-0.25, -0.2) is 4.98 Å². The summed E-state index contributed by atoms with van der Waals surface area (Å²) >= 11 is 0. The van der Waals surface area contributed by atoms with Crippen molar-refractivity contribution in [3.63, 3.8) is 0 Å². The lowest BCUT2D eigenvalue weighted by Gasteiger charge is -2.05. The maximum Gasteiger partial charge on any atom is 0.222 e. The summed E-state index contributed by atoms with van der Waals surface area (Å²) in [5.74, 6) is 1.01. The van der Waals surface area contributed by atoms with Gasteiger partial charge < -0.3 is 10.1 Å². The Labute approximate surface area is 105 Å². The number of nitrogens with zero attached hydrogens (tertiary/aromatic N) is 2. The summed E-state index contributed by atoms with van der Waals surface area (Å²) in [5.41, 5.74) is 1.56. The minimum absolute atomic E-state index is 0.174. The number of carbonyl (C=O) groups excluding carboxylic acids is 1. The summed E-state index contributed by atoms with van der Waals surface area (Å²) in [6.07, 6.45) is 3.14. The molecule has 0 unspecified atom stereocenters. The van der Waals surface area contributed by atoms with Crippen LogP contribution in [0.3, 0.4) is 0 Å². The van der Waals surface area contributed by atoms with Gasteiger partial charge in [-0.05, 0) is 12.1 Å². The van der Waals surface area contributed by atoms with Gasteiger partial charge in [0, 0.05) is 12.5 Å². The average Bonchev–Trinajstić information content (AvgIpc) is 2.38. The van der Waals surface area contributed by atoms with Gasteiger partial charge in [0.05, 0.1) is 25.2 Å². The number of carbonyl (C=O) groups is 1. The van der Waals surface area contributed by atoms with E-state index < -0.39 is 0 Å². The van der Waals surface area contributed by atoms with Crippen LogP contribution >= 0.6 is 0 Å². The van der Waals surface area contributed by atoms with E-state index in [-0.39, 0.29) is 5.91 Å². The molecule has 1 N–H and O–H groups in total. The van der Waals surface area contributed by atoms with E-state index in [0.29, 0.717) is 11.5 Å². The predicted molar refractivity (Wildman–Crippen MR) is 68.3 cm³/mol. The van der Waals surface area contributed by atoms with Gasteiger partial charge in [-0.15, -0.1) is 0 Å². The van der Waals surface area contributed by atoms with Crippen molar-refractivity contribution in [2.24, 2.45) is 0 Å². The fourth-order valence-corrected chi connectivity index (χ4v) is 1.53. The minimum Gasteiger partial charge on any atom is -0.497 e. The Kier molecular flexibility index (Phi) is 3.52. The Morgan fingerprint density at radius 2 is 2.17 bits per heavy atom. The topological polar surface area (TPSA) is 64.1 Å². The molecule has 0 bridgehead atoms. The first-order chi connectivity index (χ1) is 8.69. The molecule has 0 atom stereocenters. The molecular weight excluding hydrogens is 230 g/mol. The lowest BCUT2D eigenvalue weighted by atomic mass is 10.1. The van der Waals surface area contributed by atoms with Crippen molar-refractivity contribution in [3.8, 4) is 17.0 Å². The molecule has 18 heavy (non-hydrogen) atoms. The van der Waals surface area contributed by atoms with Crippen LogP contribution in [0.5, 0.6) is 5.75 Å². The number of amides is 1. The molecule has 0 radical (unpaired) electrons. The van der Waals surface area contributed by atoms with Gasteiger partial charge in [0.1, 0.15) is 5.75 Å². The van der Waals surface area contributed by atoms with Crippen molar-refractivity contribution >= 4 is 11.7 Å². The Balaban J connectivity index is 2.34. The van der Waals surface area contributed by atoms with Crippen molar-refractivity contribution in [2.45, 2.75) is 6.92 Å². The monoisotopic (exact) mass is 243 g/mol. The second-order valence-corrected chi connectivity index (χ2v) is 3.70. The summed E-state index contributed by atoms with van der Waals surface area (Å²) in [7, 11) is 1.61. The molecule has 0 saturated heterocycles. The zero-order chi connectivity index (χ0) is 13.0. The molecule has 1 aromatic heterocycles. The number of aromatic nitrogens is 2. The normalized spacial score (nSPS) is 9.89. The first-order valence-electron chi connectivity index (χ1n) is 5.43. The number of methoxy groups -OCH3 is 1. The standard InChI is InChI=1S/C13H13N3O2/c1-9(17)15-13-8-14-7-12(16-13)10-4-3-5-11(6-10)18-2/h3-8H,1-2H3,(H,15,16,17). The van der Waals surface area contributed by atoms with Gasteiger partial charge in [-0.1, -0.05) is 12.1 Å². The molecule has 0 saturated carbocycles. The van der Waals surface area contributed by atoms with E-state index in [2.05, 4.69) is 15.3 Å². The lowest BCUT2D eigenvalue weighted by Crippen LogP contribution is -2.08. The zero-order valence-corrected chi connectivity index (χ0v) is 10.2. The highest BCUT2D eigenvalue weighted by atomic mass is 16.5. The number of benzene rings is 1. The van der Waals surface area contributed by atoms with Crippen LogP contribution in [-0.2, 0) is 4.79 Å². The maximum absolute atomic E-state index is 11.0. The fourth-order valence-electron chi connectivity index (χ4n) is 1.53. The Hall–Kier alpha value is -2.43. The second-order valence-electron chi connectivity index (χ2n) is 3.70. The van der Waals surface area contributed by atoms with Crippen LogP contribution in [-0.4, -0.2) is 23.0 Å². The molecule has 1 aromatic carbocycles. The molecule has 1 amide bonds. The van der Waals surface area contributed by atoms with Crippen LogP contribution in [0.1, 0.15) is 6.92 Å². The van der Waals surface area contributed by atoms with Crippen LogP contribution in [0.2, 0.25) is 0 Å². The molecule has 5 nitrogen and oxygen atoms in total. The summed E-state index contributed by atoms with van der Waals surface area (Å²) in [4.78, 5) is 19.3. The summed E-state index contributed by atoms with van der Waals surface area (Å²) in [6.45, 7) is 1.43. The van der Waals surface area contributed by atoms with Crippen LogP contribution < -0.4 is 10.1 Å². The number of nitrogens with one attached hydrogen (secondary N) is 1. The van der Waals surface area contributed by atoms with Crippen LogP contribution in [0, 0.1) is 0 Å². The van der Waals surface area contributed by atoms with Crippen LogP contribution in [0.25, 0.3) is 11.3 Å². The lowest BCUT2D eigenvalue weighted by molar-refractivity contribution is -0.114. The Morgan fingerprint density at radius 3 is 2.89 bits per heavy atom. The number of hydrogen-bond acceptors (Lipinski definition) is 4. The van der Waals surface area contributed by atoms with E-state index >= 15 is 0 Å². The molecule has 2 rings (SSSR count). The minimum atomic E-state index is -0.174. The SMILES string of the molecule is COc1cccc(-c2cncc(NC(C)=O)n2)c1. The highest BCUT2D eigenvalue weighted by Gasteiger charge is 2.04. The Morgan fingerprint density at radius 1 is 1.33 bits per heavy atom. The van der Waals surface area contributed by atoms with Gasteiger partial charge >= 0.3 is 0 Å². The second kappa shape index (κ2) is 5.27. The van der Waals surface area contributed by atoms with Crippen molar-refractivity contribution in [1.82, 2.24) is 9.97 Å². The Bertz CT molecular complexity index is 570. The van der Waals surface area contributed by atoms with E-state index in [1.54, 1.807) is 13.3 Å². The van der Waals surface area contributed by atoms with E-state index in [0.717, 1.165) is 11.3 Å². The third-order valence-electron chi connectivity index (χ3n) is 2.30. The van der Waals surface area contributed by atoms with E-state index in [1.165, 1.54) is 13.1 Å². The summed E-state index contributed by atoms with van der Waals surface area (Å²) in [6, 6.07) is 7.50. The average molecular weight is 243 g/mol.